The zero-order valence-electron chi connectivity index (χ0n) is 33.0. The highest BCUT2D eigenvalue weighted by atomic mass is 32.2. The molecule has 3 saturated carbocycles. The number of rotatable bonds is 7. The average molecular weight is 792 g/mol. The molecule has 12 nitrogen and oxygen atoms in total. The summed E-state index contributed by atoms with van der Waals surface area (Å²) in [7, 11) is -3.86. The Kier molecular flexibility index (Phi) is 11.3. The number of sulfonamides is 1. The summed E-state index contributed by atoms with van der Waals surface area (Å²) in [6.07, 6.45) is 8.93. The van der Waals surface area contributed by atoms with E-state index in [1.165, 1.54) is 4.90 Å². The molecule has 56 heavy (non-hydrogen) atoms. The fraction of sp³-hybridized carbons (Fsp3) is 0.651. The van der Waals surface area contributed by atoms with Crippen molar-refractivity contribution >= 4 is 44.4 Å². The standard InChI is InChI=1S/C43H57N3O9S/c1-5-29-24-43(29,41(51)44-56(52,53)31-18-19-31)25-35(47)34-22-30-26-46(34)40(50)33(42(2,3)4)23-38(48)55-36-17-12-15-27(36)13-8-6-7-11-20-45-37(54-30)21-28-14-9-10-16-32(28)39(45)49/h5,9-10,14,16,21,27,29-31,33-34,36H,1,6-8,11-13,15,17-20,22-26H2,2-4H3,(H,44,51)/t27-,29-,30+,33+,34-,36-,43+/m0/s1. The highest BCUT2D eigenvalue weighted by Crippen LogP contribution is 2.57. The minimum absolute atomic E-state index is 0.0166. The molecule has 1 saturated heterocycles. The van der Waals surface area contributed by atoms with Crippen LogP contribution < -0.4 is 15.0 Å². The number of ketones is 1. The first-order chi connectivity index (χ1) is 26.6. The Morgan fingerprint density at radius 3 is 2.43 bits per heavy atom. The fourth-order valence-corrected chi connectivity index (χ4v) is 10.7. The van der Waals surface area contributed by atoms with Crippen molar-refractivity contribution in [3.63, 3.8) is 0 Å². The van der Waals surface area contributed by atoms with Gasteiger partial charge in [-0.05, 0) is 80.1 Å². The molecule has 0 spiro atoms. The largest absolute Gasteiger partial charge is 0.473 e. The number of benzene rings is 1. The fourth-order valence-electron chi connectivity index (χ4n) is 9.36. The number of esters is 1. The molecule has 2 amide bonds. The van der Waals surface area contributed by atoms with E-state index >= 15 is 0 Å². The number of nitrogens with zero attached hydrogens (tertiary/aromatic N) is 2. The molecule has 304 valence electrons. The molecule has 3 heterocycles. The van der Waals surface area contributed by atoms with E-state index in [1.807, 2.05) is 45.0 Å². The van der Waals surface area contributed by atoms with E-state index in [1.54, 1.807) is 16.7 Å². The van der Waals surface area contributed by atoms with Crippen LogP contribution in [0, 0.1) is 28.6 Å². The van der Waals surface area contributed by atoms with E-state index in [0.29, 0.717) is 30.7 Å². The van der Waals surface area contributed by atoms with Crippen LogP contribution in [0.4, 0.5) is 0 Å². The molecule has 1 aromatic heterocycles. The zero-order valence-corrected chi connectivity index (χ0v) is 33.8. The number of carbonyl (C=O) groups is 4. The predicted octanol–water partition coefficient (Wildman–Crippen LogP) is 5.84. The van der Waals surface area contributed by atoms with Crippen LogP contribution in [0.5, 0.6) is 5.88 Å². The van der Waals surface area contributed by atoms with Gasteiger partial charge in [-0.25, -0.2) is 8.42 Å². The molecule has 2 bridgehead atoms. The summed E-state index contributed by atoms with van der Waals surface area (Å²) >= 11 is 0. The number of allylic oxidation sites excluding steroid dienone is 1. The van der Waals surface area contributed by atoms with Crippen LogP contribution in [-0.2, 0) is 40.5 Å². The van der Waals surface area contributed by atoms with Crippen LogP contribution in [0.1, 0.15) is 111 Å². The molecular weight excluding hydrogens is 735 g/mol. The molecule has 1 N–H and O–H groups in total. The lowest BCUT2D eigenvalue weighted by molar-refractivity contribution is -0.158. The number of hydrogen-bond acceptors (Lipinski definition) is 9. The van der Waals surface area contributed by atoms with Crippen molar-refractivity contribution in [2.24, 2.45) is 28.6 Å². The minimum Gasteiger partial charge on any atom is -0.473 e. The second-order valence-electron chi connectivity index (χ2n) is 18.1. The maximum Gasteiger partial charge on any atom is 0.306 e. The lowest BCUT2D eigenvalue weighted by atomic mass is 9.77. The normalized spacial score (nSPS) is 30.5. The van der Waals surface area contributed by atoms with Crippen LogP contribution in [0.3, 0.4) is 0 Å². The highest BCUT2D eigenvalue weighted by molar-refractivity contribution is 7.90. The predicted molar refractivity (Wildman–Crippen MR) is 211 cm³/mol. The third kappa shape index (κ3) is 8.34. The van der Waals surface area contributed by atoms with Gasteiger partial charge in [0.25, 0.3) is 5.56 Å². The maximum atomic E-state index is 14.8. The Hall–Kier alpha value is -4.00. The number of aromatic nitrogens is 1. The summed E-state index contributed by atoms with van der Waals surface area (Å²) in [6.45, 7) is 9.98. The van der Waals surface area contributed by atoms with Gasteiger partial charge >= 0.3 is 5.97 Å². The van der Waals surface area contributed by atoms with Crippen molar-refractivity contribution in [2.75, 3.05) is 6.54 Å². The molecule has 13 heteroatoms. The quantitative estimate of drug-likeness (QED) is 0.269. The first kappa shape index (κ1) is 40.2. The first-order valence-corrected chi connectivity index (χ1v) is 22.2. The minimum atomic E-state index is -3.86. The topological polar surface area (TPSA) is 158 Å². The molecule has 2 aromatic rings. The Morgan fingerprint density at radius 2 is 1.71 bits per heavy atom. The molecule has 4 fully saturated rings. The van der Waals surface area contributed by atoms with Crippen molar-refractivity contribution in [1.82, 2.24) is 14.2 Å². The summed E-state index contributed by atoms with van der Waals surface area (Å²) in [5, 5.41) is 0.682. The SMILES string of the molecule is C=C[C@H]1C[C@]1(CC(=O)[C@@H]1C[C@@H]2CN1C(=O)[C@H](C(C)(C)C)CC(=O)O[C@H]1CCC[C@@H]1CCCCCCn1c(cc3ccccc3c1=O)O2)C(=O)NS(=O)(=O)C1CC1. The number of hydrogen-bond donors (Lipinski definition) is 1. The second-order valence-corrected chi connectivity index (χ2v) is 20.0. The average Bonchev–Trinajstić information content (AvgIpc) is 4.04. The molecule has 7 atom stereocenters. The molecule has 5 aliphatic rings. The van der Waals surface area contributed by atoms with Gasteiger partial charge in [0, 0.05) is 30.8 Å². The van der Waals surface area contributed by atoms with Gasteiger partial charge in [-0.1, -0.05) is 64.3 Å². The van der Waals surface area contributed by atoms with E-state index in [9.17, 15) is 32.4 Å². The van der Waals surface area contributed by atoms with E-state index in [0.717, 1.165) is 56.8 Å². The van der Waals surface area contributed by atoms with Crippen LogP contribution in [-0.4, -0.2) is 71.5 Å². The van der Waals surface area contributed by atoms with Gasteiger partial charge in [0.05, 0.1) is 35.6 Å². The molecule has 0 radical (unpaired) electrons. The van der Waals surface area contributed by atoms with Crippen LogP contribution >= 0.6 is 0 Å². The summed E-state index contributed by atoms with van der Waals surface area (Å²) in [4.78, 5) is 72.1. The Morgan fingerprint density at radius 1 is 0.982 bits per heavy atom. The number of fused-ring (bicyclic) bond motifs is 5. The van der Waals surface area contributed by atoms with Crippen LogP contribution in [0.25, 0.3) is 10.8 Å². The van der Waals surface area contributed by atoms with Gasteiger partial charge in [-0.15, -0.1) is 6.58 Å². The van der Waals surface area contributed by atoms with Gasteiger partial charge < -0.3 is 14.4 Å². The number of Topliss-reactive ketones (excluding diaryl/α,β-unsaturated/α-hetero) is 1. The molecular formula is C43H57N3O9S. The maximum absolute atomic E-state index is 14.8. The number of carbonyl (C=O) groups excluding carboxylic acids is 4. The second kappa shape index (κ2) is 15.7. The van der Waals surface area contributed by atoms with Gasteiger partial charge in [-0.3, -0.25) is 33.3 Å². The highest BCUT2D eigenvalue weighted by Gasteiger charge is 2.61. The lowest BCUT2D eigenvalue weighted by Gasteiger charge is -2.35. The van der Waals surface area contributed by atoms with E-state index < -0.39 is 67.7 Å². The zero-order chi connectivity index (χ0) is 40.0. The summed E-state index contributed by atoms with van der Waals surface area (Å²) in [5.41, 5.74) is -2.15. The molecule has 2 aliphatic heterocycles. The van der Waals surface area contributed by atoms with Crippen molar-refractivity contribution in [1.29, 1.82) is 0 Å². The van der Waals surface area contributed by atoms with Gasteiger partial charge in [0.1, 0.15) is 12.2 Å². The van der Waals surface area contributed by atoms with E-state index in [-0.39, 0.29) is 55.7 Å². The number of pyridine rings is 1. The molecule has 0 unspecified atom stereocenters. The summed E-state index contributed by atoms with van der Waals surface area (Å²) in [6, 6.07) is 8.17. The van der Waals surface area contributed by atoms with Gasteiger partial charge in [0.2, 0.25) is 21.8 Å². The van der Waals surface area contributed by atoms with E-state index in [2.05, 4.69) is 11.3 Å². The van der Waals surface area contributed by atoms with Crippen molar-refractivity contribution in [3.05, 3.63) is 53.3 Å². The number of ether oxygens (including phenoxy) is 2. The number of amides is 2. The van der Waals surface area contributed by atoms with Crippen molar-refractivity contribution in [3.8, 4) is 5.88 Å². The molecule has 7 rings (SSSR count). The molecule has 3 aliphatic carbocycles. The van der Waals surface area contributed by atoms with Gasteiger partial charge in [-0.2, -0.15) is 0 Å². The summed E-state index contributed by atoms with van der Waals surface area (Å²) in [5.74, 6) is -2.54. The third-order valence-electron chi connectivity index (χ3n) is 13.0. The third-order valence-corrected chi connectivity index (χ3v) is 14.9. The first-order valence-electron chi connectivity index (χ1n) is 20.6. The Bertz CT molecular complexity index is 2050. The lowest BCUT2D eigenvalue weighted by Crippen LogP contribution is -2.48. The Balaban J connectivity index is 1.23. The van der Waals surface area contributed by atoms with Crippen LogP contribution in [0.2, 0.25) is 0 Å². The smallest absolute Gasteiger partial charge is 0.306 e. The monoisotopic (exact) mass is 791 g/mol. The number of nitrogens with one attached hydrogen (secondary N) is 1. The van der Waals surface area contributed by atoms with Crippen molar-refractivity contribution < 1.29 is 37.1 Å². The van der Waals surface area contributed by atoms with Crippen molar-refractivity contribution in [2.45, 2.75) is 141 Å². The molecule has 1 aromatic carbocycles. The van der Waals surface area contributed by atoms with E-state index in [4.69, 9.17) is 9.47 Å². The summed E-state index contributed by atoms with van der Waals surface area (Å²) < 4.78 is 42.3. The Labute approximate surface area is 329 Å². The van der Waals surface area contributed by atoms with Gasteiger partial charge in [0.15, 0.2) is 11.7 Å². The van der Waals surface area contributed by atoms with Crippen LogP contribution in [0.15, 0.2) is 47.8 Å².